The average molecular weight is 373 g/mol. The number of likely N-dealkylation sites (N-methyl/N-ethyl adjacent to an activating group) is 2. The van der Waals surface area contributed by atoms with Gasteiger partial charge in [0.15, 0.2) is 5.72 Å². The molecule has 0 fully saturated rings. The standard InChI is InChI=1S/C20H27N3O4/c1-5-23(6-2)16-9-7-8-15(18(24)25)17(16)19(26)27-20(22-4)12-10-14(21-3)11-13-20/h7-12,21-22H,5-6,13H2,1-4H3,(H,24,25). The molecule has 0 radical (unpaired) electrons. The number of aromatic carboxylic acids is 1. The minimum atomic E-state index is -1.16. The van der Waals surface area contributed by atoms with Crippen molar-refractivity contribution in [1.82, 2.24) is 10.6 Å². The van der Waals surface area contributed by atoms with Gasteiger partial charge in [-0.3, -0.25) is 5.32 Å². The van der Waals surface area contributed by atoms with Gasteiger partial charge in [0.1, 0.15) is 0 Å². The van der Waals surface area contributed by atoms with Crippen molar-refractivity contribution in [2.45, 2.75) is 26.0 Å². The molecule has 7 nitrogen and oxygen atoms in total. The lowest BCUT2D eigenvalue weighted by atomic mass is 10.0. The summed E-state index contributed by atoms with van der Waals surface area (Å²) in [4.78, 5) is 26.8. The van der Waals surface area contributed by atoms with Gasteiger partial charge >= 0.3 is 11.9 Å². The topological polar surface area (TPSA) is 90.9 Å². The number of hydrogen-bond donors (Lipinski definition) is 3. The average Bonchev–Trinajstić information content (AvgIpc) is 2.69. The molecule has 1 atom stereocenters. The molecule has 1 aromatic carbocycles. The first-order valence-electron chi connectivity index (χ1n) is 9.02. The van der Waals surface area contributed by atoms with Crippen LogP contribution in [0.2, 0.25) is 0 Å². The van der Waals surface area contributed by atoms with Crippen LogP contribution in [0.1, 0.15) is 41.0 Å². The van der Waals surface area contributed by atoms with E-state index < -0.39 is 17.7 Å². The quantitative estimate of drug-likeness (QED) is 0.476. The zero-order chi connectivity index (χ0) is 20.0. The Kier molecular flexibility index (Phi) is 6.63. The Bertz CT molecular complexity index is 768. The summed E-state index contributed by atoms with van der Waals surface area (Å²) in [5, 5.41) is 15.6. The van der Waals surface area contributed by atoms with Crippen molar-refractivity contribution < 1.29 is 19.4 Å². The third kappa shape index (κ3) is 4.31. The summed E-state index contributed by atoms with van der Waals surface area (Å²) in [6, 6.07) is 4.82. The Morgan fingerprint density at radius 1 is 1.26 bits per heavy atom. The van der Waals surface area contributed by atoms with Crippen molar-refractivity contribution in [1.29, 1.82) is 0 Å². The van der Waals surface area contributed by atoms with Crippen LogP contribution in [-0.2, 0) is 4.74 Å². The molecule has 0 saturated heterocycles. The van der Waals surface area contributed by atoms with Crippen LogP contribution >= 0.6 is 0 Å². The van der Waals surface area contributed by atoms with Crippen molar-refractivity contribution in [3.63, 3.8) is 0 Å². The molecule has 1 aliphatic rings. The molecule has 0 aromatic heterocycles. The second-order valence-electron chi connectivity index (χ2n) is 6.15. The summed E-state index contributed by atoms with van der Waals surface area (Å²) in [5.41, 5.74) is 0.458. The van der Waals surface area contributed by atoms with Gasteiger partial charge in [0.25, 0.3) is 0 Å². The van der Waals surface area contributed by atoms with Crippen LogP contribution in [0, 0.1) is 0 Å². The third-order valence-corrected chi connectivity index (χ3v) is 4.73. The predicted molar refractivity (Wildman–Crippen MR) is 105 cm³/mol. The summed E-state index contributed by atoms with van der Waals surface area (Å²) in [7, 11) is 3.51. The fourth-order valence-electron chi connectivity index (χ4n) is 3.10. The van der Waals surface area contributed by atoms with Crippen LogP contribution in [0.4, 0.5) is 5.69 Å². The summed E-state index contributed by atoms with van der Waals surface area (Å²) < 4.78 is 5.78. The maximum atomic E-state index is 13.1. The molecule has 27 heavy (non-hydrogen) atoms. The summed E-state index contributed by atoms with van der Waals surface area (Å²) in [6.07, 6.45) is 5.93. The molecule has 146 valence electrons. The number of nitrogens with one attached hydrogen (secondary N) is 2. The van der Waals surface area contributed by atoms with Crippen molar-refractivity contribution in [3.8, 4) is 0 Å². The first-order chi connectivity index (χ1) is 12.9. The molecule has 1 aromatic rings. The highest BCUT2D eigenvalue weighted by molar-refractivity contribution is 6.06. The van der Waals surface area contributed by atoms with Crippen molar-refractivity contribution in [3.05, 3.63) is 53.3 Å². The maximum Gasteiger partial charge on any atom is 0.343 e. The van der Waals surface area contributed by atoms with Crippen LogP contribution in [-0.4, -0.2) is 50.0 Å². The number of allylic oxidation sites excluding steroid dienone is 1. The molecule has 2 rings (SSSR count). The number of benzene rings is 1. The van der Waals surface area contributed by atoms with Crippen LogP contribution in [0.15, 0.2) is 42.1 Å². The minimum Gasteiger partial charge on any atom is -0.478 e. The van der Waals surface area contributed by atoms with E-state index in [9.17, 15) is 14.7 Å². The van der Waals surface area contributed by atoms with E-state index in [0.29, 0.717) is 25.2 Å². The monoisotopic (exact) mass is 373 g/mol. The zero-order valence-electron chi connectivity index (χ0n) is 16.2. The molecule has 0 bridgehead atoms. The van der Waals surface area contributed by atoms with Crippen molar-refractivity contribution >= 4 is 17.6 Å². The number of carboxylic acids is 1. The number of carboxylic acid groups (broad SMARTS) is 1. The van der Waals surface area contributed by atoms with Gasteiger partial charge < -0.3 is 20.1 Å². The molecule has 7 heteroatoms. The SMILES string of the molecule is CCN(CC)c1cccc(C(=O)O)c1C(=O)OC1(NC)C=CC(NC)=CC1. The zero-order valence-corrected chi connectivity index (χ0v) is 16.2. The predicted octanol–water partition coefficient (Wildman–Crippen LogP) is 2.37. The Balaban J connectivity index is 2.44. The summed E-state index contributed by atoms with van der Waals surface area (Å²) in [6.45, 7) is 5.20. The number of carbonyl (C=O) groups is 2. The fraction of sp³-hybridized carbons (Fsp3) is 0.400. The largest absolute Gasteiger partial charge is 0.478 e. The lowest BCUT2D eigenvalue weighted by Crippen LogP contribution is -2.46. The first kappa shape index (κ1) is 20.5. The van der Waals surface area contributed by atoms with E-state index in [0.717, 1.165) is 5.70 Å². The highest BCUT2D eigenvalue weighted by Gasteiger charge is 2.34. The Labute approximate surface area is 159 Å². The van der Waals surface area contributed by atoms with Gasteiger partial charge in [-0.2, -0.15) is 0 Å². The fourth-order valence-corrected chi connectivity index (χ4v) is 3.10. The Morgan fingerprint density at radius 3 is 2.44 bits per heavy atom. The van der Waals surface area contributed by atoms with E-state index in [1.807, 2.05) is 37.9 Å². The Morgan fingerprint density at radius 2 is 1.96 bits per heavy atom. The number of ether oxygens (including phenoxy) is 1. The van der Waals surface area contributed by atoms with Gasteiger partial charge in [-0.1, -0.05) is 12.1 Å². The number of anilines is 1. The number of rotatable bonds is 8. The molecule has 0 aliphatic heterocycles. The van der Waals surface area contributed by atoms with Crippen LogP contribution in [0.5, 0.6) is 0 Å². The number of carbonyl (C=O) groups excluding carboxylic acids is 1. The number of hydrogen-bond acceptors (Lipinski definition) is 6. The highest BCUT2D eigenvalue weighted by Crippen LogP contribution is 2.29. The molecule has 1 aliphatic carbocycles. The second-order valence-corrected chi connectivity index (χ2v) is 6.15. The van der Waals surface area contributed by atoms with Gasteiger partial charge in [0, 0.05) is 32.3 Å². The van der Waals surface area contributed by atoms with Crippen LogP contribution < -0.4 is 15.5 Å². The van der Waals surface area contributed by atoms with E-state index in [4.69, 9.17) is 4.74 Å². The molecule has 0 heterocycles. The molecule has 0 spiro atoms. The van der Waals surface area contributed by atoms with Gasteiger partial charge in [0.05, 0.1) is 16.8 Å². The first-order valence-corrected chi connectivity index (χ1v) is 9.02. The number of esters is 1. The van der Waals surface area contributed by atoms with Gasteiger partial charge in [-0.15, -0.1) is 0 Å². The molecule has 3 N–H and O–H groups in total. The van der Waals surface area contributed by atoms with E-state index in [1.165, 1.54) is 6.07 Å². The van der Waals surface area contributed by atoms with Gasteiger partial charge in [-0.05, 0) is 45.2 Å². The molecular formula is C20H27N3O4. The van der Waals surface area contributed by atoms with Crippen molar-refractivity contribution in [2.24, 2.45) is 0 Å². The van der Waals surface area contributed by atoms with Gasteiger partial charge in [-0.25, -0.2) is 9.59 Å². The van der Waals surface area contributed by atoms with Crippen LogP contribution in [0.3, 0.4) is 0 Å². The van der Waals surface area contributed by atoms with Crippen LogP contribution in [0.25, 0.3) is 0 Å². The minimum absolute atomic E-state index is 0.0677. The normalized spacial score (nSPS) is 18.6. The molecule has 1 unspecified atom stereocenters. The maximum absolute atomic E-state index is 13.1. The summed E-state index contributed by atoms with van der Waals surface area (Å²) in [5.74, 6) is -1.83. The lowest BCUT2D eigenvalue weighted by molar-refractivity contribution is -0.00734. The van der Waals surface area contributed by atoms with E-state index in [1.54, 1.807) is 25.3 Å². The van der Waals surface area contributed by atoms with E-state index in [-0.39, 0.29) is 11.1 Å². The number of nitrogens with zero attached hydrogens (tertiary/aromatic N) is 1. The highest BCUT2D eigenvalue weighted by atomic mass is 16.6. The molecular weight excluding hydrogens is 346 g/mol. The Hall–Kier alpha value is -2.80. The van der Waals surface area contributed by atoms with Crippen molar-refractivity contribution in [2.75, 3.05) is 32.1 Å². The molecule has 0 amide bonds. The third-order valence-electron chi connectivity index (χ3n) is 4.73. The van der Waals surface area contributed by atoms with E-state index >= 15 is 0 Å². The lowest BCUT2D eigenvalue weighted by Gasteiger charge is -2.32. The molecule has 0 saturated carbocycles. The van der Waals surface area contributed by atoms with E-state index in [2.05, 4.69) is 10.6 Å². The second kappa shape index (κ2) is 8.73. The smallest absolute Gasteiger partial charge is 0.343 e. The summed E-state index contributed by atoms with van der Waals surface area (Å²) >= 11 is 0. The van der Waals surface area contributed by atoms with Gasteiger partial charge in [0.2, 0.25) is 0 Å².